The first-order valence-electron chi connectivity index (χ1n) is 7.20. The molecule has 3 rings (SSSR count). The van der Waals surface area contributed by atoms with Crippen LogP contribution in [0.2, 0.25) is 0 Å². The number of hydrogen-bond donors (Lipinski definition) is 0. The first-order valence-corrected chi connectivity index (χ1v) is 8.07. The van der Waals surface area contributed by atoms with E-state index in [1.165, 1.54) is 0 Å². The molecule has 0 saturated carbocycles. The Morgan fingerprint density at radius 1 is 1.23 bits per heavy atom. The molecule has 116 valence electrons. The van der Waals surface area contributed by atoms with Gasteiger partial charge >= 0.3 is 0 Å². The second-order valence-corrected chi connectivity index (χ2v) is 7.42. The third kappa shape index (κ3) is 2.81. The molecule has 0 aliphatic rings. The van der Waals surface area contributed by atoms with E-state index < -0.39 is 0 Å². The van der Waals surface area contributed by atoms with Gasteiger partial charge in [-0.15, -0.1) is 26.6 Å². The lowest BCUT2D eigenvalue weighted by atomic mass is 9.96. The molecule has 0 aliphatic carbocycles. The van der Waals surface area contributed by atoms with Crippen molar-refractivity contribution in [3.8, 4) is 0 Å². The second-order valence-electron chi connectivity index (χ2n) is 6.47. The zero-order chi connectivity index (χ0) is 15.9. The van der Waals surface area contributed by atoms with E-state index in [-0.39, 0.29) is 5.41 Å². The van der Waals surface area contributed by atoms with Gasteiger partial charge in [-0.1, -0.05) is 20.8 Å². The van der Waals surface area contributed by atoms with Crippen molar-refractivity contribution in [1.29, 1.82) is 0 Å². The van der Waals surface area contributed by atoms with Gasteiger partial charge in [0.05, 0.1) is 6.54 Å². The Morgan fingerprint density at radius 3 is 2.64 bits per heavy atom. The standard InChI is InChI=1S/C15H20N6S/c1-10-9-22-13(16-10)8-20(5)12-7-6-11-17-18-14(15(2,3)4)21(11)19-12/h6-7,9H,8H2,1-5H3. The Morgan fingerprint density at radius 2 is 2.00 bits per heavy atom. The highest BCUT2D eigenvalue weighted by Gasteiger charge is 2.22. The molecule has 3 aromatic heterocycles. The summed E-state index contributed by atoms with van der Waals surface area (Å²) in [5, 5.41) is 16.3. The molecule has 6 nitrogen and oxygen atoms in total. The molecule has 0 fully saturated rings. The monoisotopic (exact) mass is 316 g/mol. The molecule has 7 heteroatoms. The highest BCUT2D eigenvalue weighted by atomic mass is 32.1. The fraction of sp³-hybridized carbons (Fsp3) is 0.467. The maximum atomic E-state index is 4.70. The van der Waals surface area contributed by atoms with E-state index in [1.54, 1.807) is 11.3 Å². The molecule has 0 aromatic carbocycles. The SMILES string of the molecule is Cc1csc(CN(C)c2ccc3nnc(C(C)(C)C)n3n2)n1. The third-order valence-corrected chi connectivity index (χ3v) is 4.30. The quantitative estimate of drug-likeness (QED) is 0.743. The van der Waals surface area contributed by atoms with Crippen LogP contribution in [0.25, 0.3) is 5.65 Å². The molecular weight excluding hydrogens is 296 g/mol. The molecule has 0 aliphatic heterocycles. The van der Waals surface area contributed by atoms with Gasteiger partial charge in [0.2, 0.25) is 0 Å². The minimum Gasteiger partial charge on any atom is -0.351 e. The van der Waals surface area contributed by atoms with Crippen molar-refractivity contribution >= 4 is 22.8 Å². The minimum atomic E-state index is -0.101. The molecule has 22 heavy (non-hydrogen) atoms. The van der Waals surface area contributed by atoms with Crippen LogP contribution in [0.4, 0.5) is 5.82 Å². The third-order valence-electron chi connectivity index (χ3n) is 3.35. The predicted molar refractivity (Wildman–Crippen MR) is 88.4 cm³/mol. The number of nitrogens with zero attached hydrogens (tertiary/aromatic N) is 6. The van der Waals surface area contributed by atoms with E-state index in [0.29, 0.717) is 0 Å². The van der Waals surface area contributed by atoms with Crippen molar-refractivity contribution in [1.82, 2.24) is 24.8 Å². The Labute approximate surface area is 133 Å². The van der Waals surface area contributed by atoms with Gasteiger partial charge in [-0.2, -0.15) is 4.52 Å². The fourth-order valence-corrected chi connectivity index (χ4v) is 3.03. The molecule has 0 unspecified atom stereocenters. The first-order chi connectivity index (χ1) is 10.3. The van der Waals surface area contributed by atoms with Gasteiger partial charge in [-0.05, 0) is 19.1 Å². The highest BCUT2D eigenvalue weighted by molar-refractivity contribution is 7.09. The Balaban J connectivity index is 1.93. The van der Waals surface area contributed by atoms with Crippen LogP contribution in [0, 0.1) is 6.92 Å². The second kappa shape index (κ2) is 5.31. The van der Waals surface area contributed by atoms with Crippen molar-refractivity contribution < 1.29 is 0 Å². The Bertz CT molecular complexity index is 798. The summed E-state index contributed by atoms with van der Waals surface area (Å²) in [6.07, 6.45) is 0. The highest BCUT2D eigenvalue weighted by Crippen LogP contribution is 2.22. The lowest BCUT2D eigenvalue weighted by Crippen LogP contribution is -2.21. The Kier molecular flexibility index (Phi) is 3.60. The normalized spacial score (nSPS) is 12.0. The summed E-state index contributed by atoms with van der Waals surface area (Å²) in [6, 6.07) is 3.92. The summed E-state index contributed by atoms with van der Waals surface area (Å²) in [4.78, 5) is 6.59. The summed E-state index contributed by atoms with van der Waals surface area (Å²) < 4.78 is 1.83. The average molecular weight is 316 g/mol. The number of aromatic nitrogens is 5. The van der Waals surface area contributed by atoms with E-state index in [0.717, 1.165) is 34.5 Å². The fourth-order valence-electron chi connectivity index (χ4n) is 2.21. The van der Waals surface area contributed by atoms with E-state index in [1.807, 2.05) is 30.6 Å². The summed E-state index contributed by atoms with van der Waals surface area (Å²) >= 11 is 1.67. The summed E-state index contributed by atoms with van der Waals surface area (Å²) in [6.45, 7) is 9.08. The maximum Gasteiger partial charge on any atom is 0.178 e. The minimum absolute atomic E-state index is 0.101. The molecule has 0 atom stereocenters. The van der Waals surface area contributed by atoms with Gasteiger partial charge < -0.3 is 4.90 Å². The van der Waals surface area contributed by atoms with Crippen molar-refractivity contribution in [3.05, 3.63) is 34.0 Å². The van der Waals surface area contributed by atoms with E-state index in [9.17, 15) is 0 Å². The zero-order valence-corrected chi connectivity index (χ0v) is 14.3. The van der Waals surface area contributed by atoms with Crippen LogP contribution in [0.1, 0.15) is 37.3 Å². The molecule has 3 heterocycles. The van der Waals surface area contributed by atoms with Crippen molar-refractivity contribution in [2.24, 2.45) is 0 Å². The summed E-state index contributed by atoms with van der Waals surface area (Å²) in [5.74, 6) is 1.74. The van der Waals surface area contributed by atoms with E-state index in [4.69, 9.17) is 5.10 Å². The number of rotatable bonds is 3. The Hall–Kier alpha value is -2.02. The molecule has 3 aromatic rings. The van der Waals surface area contributed by atoms with Crippen LogP contribution in [0.3, 0.4) is 0 Å². The number of thiazole rings is 1. The number of aryl methyl sites for hydroxylation is 1. The van der Waals surface area contributed by atoms with Gasteiger partial charge in [0, 0.05) is 23.5 Å². The van der Waals surface area contributed by atoms with Crippen LogP contribution in [-0.2, 0) is 12.0 Å². The van der Waals surface area contributed by atoms with Gasteiger partial charge in [0.15, 0.2) is 11.5 Å². The molecule has 0 radical (unpaired) electrons. The van der Waals surface area contributed by atoms with Crippen LogP contribution >= 0.6 is 11.3 Å². The smallest absolute Gasteiger partial charge is 0.178 e. The van der Waals surface area contributed by atoms with Crippen molar-refractivity contribution in [2.45, 2.75) is 39.7 Å². The van der Waals surface area contributed by atoms with Crippen molar-refractivity contribution in [3.63, 3.8) is 0 Å². The first kappa shape index (κ1) is 14.9. The maximum absolute atomic E-state index is 4.70. The molecule has 0 amide bonds. The topological polar surface area (TPSA) is 59.2 Å². The average Bonchev–Trinajstić information content (AvgIpc) is 3.03. The summed E-state index contributed by atoms with van der Waals surface area (Å²) in [5.41, 5.74) is 1.73. The molecule has 0 N–H and O–H groups in total. The molecule has 0 spiro atoms. The lowest BCUT2D eigenvalue weighted by Gasteiger charge is -2.18. The van der Waals surface area contributed by atoms with Crippen LogP contribution in [0.5, 0.6) is 0 Å². The molecular formula is C15H20N6S. The summed E-state index contributed by atoms with van der Waals surface area (Å²) in [7, 11) is 2.02. The van der Waals surface area contributed by atoms with Gasteiger partial charge in [0.25, 0.3) is 0 Å². The van der Waals surface area contributed by atoms with Crippen LogP contribution < -0.4 is 4.90 Å². The number of anilines is 1. The van der Waals surface area contributed by atoms with Crippen LogP contribution in [-0.4, -0.2) is 31.8 Å². The van der Waals surface area contributed by atoms with E-state index >= 15 is 0 Å². The van der Waals surface area contributed by atoms with Gasteiger partial charge in [-0.25, -0.2) is 4.98 Å². The van der Waals surface area contributed by atoms with Gasteiger partial charge in [-0.3, -0.25) is 0 Å². The zero-order valence-electron chi connectivity index (χ0n) is 13.5. The van der Waals surface area contributed by atoms with Crippen molar-refractivity contribution in [2.75, 3.05) is 11.9 Å². The largest absolute Gasteiger partial charge is 0.351 e. The predicted octanol–water partition coefficient (Wildman–Crippen LogP) is 2.82. The van der Waals surface area contributed by atoms with Crippen LogP contribution in [0.15, 0.2) is 17.5 Å². The molecule has 0 saturated heterocycles. The lowest BCUT2D eigenvalue weighted by molar-refractivity contribution is 0.526. The number of hydrogen-bond acceptors (Lipinski definition) is 6. The molecule has 0 bridgehead atoms. The van der Waals surface area contributed by atoms with E-state index in [2.05, 4.69) is 46.2 Å². The number of fused-ring (bicyclic) bond motifs is 1. The van der Waals surface area contributed by atoms with Gasteiger partial charge in [0.1, 0.15) is 10.8 Å².